The summed E-state index contributed by atoms with van der Waals surface area (Å²) in [5.74, 6) is 0.155. The molecule has 1 unspecified atom stereocenters. The highest BCUT2D eigenvalue weighted by Gasteiger charge is 2.30. The Kier molecular flexibility index (Phi) is 4.33. The van der Waals surface area contributed by atoms with Crippen LogP contribution in [0.4, 0.5) is 0 Å². The molecule has 2 aliphatic rings. The molecule has 108 valence electrons. The molecule has 1 aromatic rings. The van der Waals surface area contributed by atoms with Gasteiger partial charge in [0.25, 0.3) is 0 Å². The first-order chi connectivity index (χ1) is 9.83. The predicted octanol–water partition coefficient (Wildman–Crippen LogP) is 1.51. The topological polar surface area (TPSA) is 32.8 Å². The zero-order valence-corrected chi connectivity index (χ0v) is 11.8. The smallest absolute Gasteiger partial charge is 0.248 e. The van der Waals surface area contributed by atoms with Crippen molar-refractivity contribution in [2.45, 2.75) is 25.4 Å². The minimum Gasteiger partial charge on any atom is -0.370 e. The summed E-state index contributed by atoms with van der Waals surface area (Å²) in [5, 5.41) is 0. The summed E-state index contributed by atoms with van der Waals surface area (Å²) >= 11 is 0. The molecule has 2 fully saturated rings. The normalized spacial score (nSPS) is 24.9. The minimum absolute atomic E-state index is 0.155. The Bertz CT molecular complexity index is 449. The fraction of sp³-hybridized carbons (Fsp3) is 0.562. The van der Waals surface area contributed by atoms with Gasteiger partial charge in [0.15, 0.2) is 0 Å². The van der Waals surface area contributed by atoms with Crippen molar-refractivity contribution in [1.29, 1.82) is 0 Å². The van der Waals surface area contributed by atoms with E-state index in [0.29, 0.717) is 12.6 Å². The van der Waals surface area contributed by atoms with Gasteiger partial charge in [-0.1, -0.05) is 30.3 Å². The van der Waals surface area contributed by atoms with Gasteiger partial charge in [-0.25, -0.2) is 0 Å². The third kappa shape index (κ3) is 3.19. The van der Waals surface area contributed by atoms with Crippen molar-refractivity contribution < 1.29 is 9.53 Å². The van der Waals surface area contributed by atoms with Crippen molar-refractivity contribution >= 4 is 5.91 Å². The van der Waals surface area contributed by atoms with Crippen molar-refractivity contribution in [3.8, 4) is 0 Å². The number of ether oxygens (including phenoxy) is 1. The van der Waals surface area contributed by atoms with E-state index in [-0.39, 0.29) is 12.5 Å². The van der Waals surface area contributed by atoms with Crippen LogP contribution in [0.1, 0.15) is 18.4 Å². The predicted molar refractivity (Wildman–Crippen MR) is 77.3 cm³/mol. The van der Waals surface area contributed by atoms with Crippen molar-refractivity contribution in [2.24, 2.45) is 0 Å². The fourth-order valence-electron chi connectivity index (χ4n) is 3.19. The number of amides is 1. The molecular formula is C16H22N2O2. The summed E-state index contributed by atoms with van der Waals surface area (Å²) in [6, 6.07) is 10.9. The van der Waals surface area contributed by atoms with E-state index in [4.69, 9.17) is 4.74 Å². The van der Waals surface area contributed by atoms with E-state index in [1.54, 1.807) is 0 Å². The first-order valence-corrected chi connectivity index (χ1v) is 7.46. The number of likely N-dealkylation sites (tertiary alicyclic amines) is 1. The van der Waals surface area contributed by atoms with E-state index in [1.807, 2.05) is 4.90 Å². The Balaban J connectivity index is 1.60. The molecule has 0 radical (unpaired) electrons. The summed E-state index contributed by atoms with van der Waals surface area (Å²) < 4.78 is 5.22. The molecule has 4 heteroatoms. The maximum Gasteiger partial charge on any atom is 0.248 e. The van der Waals surface area contributed by atoms with Crippen LogP contribution in [0.3, 0.4) is 0 Å². The van der Waals surface area contributed by atoms with Crippen molar-refractivity contribution in [3.05, 3.63) is 35.9 Å². The molecule has 0 N–H and O–H groups in total. The minimum atomic E-state index is 0.155. The number of morpholine rings is 1. The summed E-state index contributed by atoms with van der Waals surface area (Å²) in [5.41, 5.74) is 1.35. The van der Waals surface area contributed by atoms with E-state index in [1.165, 1.54) is 12.0 Å². The molecule has 0 aromatic heterocycles. The average Bonchev–Trinajstić information content (AvgIpc) is 2.49. The molecule has 1 amide bonds. The first-order valence-electron chi connectivity index (χ1n) is 7.46. The summed E-state index contributed by atoms with van der Waals surface area (Å²) in [4.78, 5) is 16.4. The Labute approximate surface area is 120 Å². The fourth-order valence-corrected chi connectivity index (χ4v) is 3.19. The van der Waals surface area contributed by atoms with E-state index in [2.05, 4.69) is 35.2 Å². The average molecular weight is 274 g/mol. The largest absolute Gasteiger partial charge is 0.370 e. The Morgan fingerprint density at radius 3 is 2.85 bits per heavy atom. The highest BCUT2D eigenvalue weighted by atomic mass is 16.5. The number of carbonyl (C=O) groups is 1. The number of hydrogen-bond acceptors (Lipinski definition) is 3. The maximum absolute atomic E-state index is 11.9. The SMILES string of the molecule is O=C1COCCN1C1CCCN(Cc2ccccc2)C1. The van der Waals surface area contributed by atoms with E-state index >= 15 is 0 Å². The van der Waals surface area contributed by atoms with E-state index in [9.17, 15) is 4.79 Å². The van der Waals surface area contributed by atoms with Gasteiger partial charge in [-0.15, -0.1) is 0 Å². The monoisotopic (exact) mass is 274 g/mol. The molecule has 0 spiro atoms. The lowest BCUT2D eigenvalue weighted by Gasteiger charge is -2.40. The molecular weight excluding hydrogens is 252 g/mol. The zero-order chi connectivity index (χ0) is 13.8. The molecule has 0 saturated carbocycles. The first kappa shape index (κ1) is 13.6. The molecule has 4 nitrogen and oxygen atoms in total. The van der Waals surface area contributed by atoms with E-state index in [0.717, 1.165) is 32.6 Å². The molecule has 1 aromatic carbocycles. The van der Waals surface area contributed by atoms with Gasteiger partial charge in [-0.05, 0) is 24.9 Å². The number of carbonyl (C=O) groups excluding carboxylic acids is 1. The summed E-state index contributed by atoms with van der Waals surface area (Å²) in [7, 11) is 0. The van der Waals surface area contributed by atoms with Gasteiger partial charge >= 0.3 is 0 Å². The molecule has 1 atom stereocenters. The van der Waals surface area contributed by atoms with Gasteiger partial charge in [0.05, 0.1) is 6.61 Å². The standard InChI is InChI=1S/C16H22N2O2/c19-16-13-20-10-9-18(16)15-7-4-8-17(12-15)11-14-5-2-1-3-6-14/h1-3,5-6,15H,4,7-13H2. The molecule has 3 rings (SSSR count). The number of benzene rings is 1. The summed E-state index contributed by atoms with van der Waals surface area (Å²) in [6.45, 7) is 4.79. The Hall–Kier alpha value is -1.39. The van der Waals surface area contributed by atoms with Gasteiger partial charge in [-0.3, -0.25) is 9.69 Å². The molecule has 2 aliphatic heterocycles. The lowest BCUT2D eigenvalue weighted by Crippen LogP contribution is -2.53. The van der Waals surface area contributed by atoms with Crippen LogP contribution in [0.5, 0.6) is 0 Å². The molecule has 20 heavy (non-hydrogen) atoms. The van der Waals surface area contributed by atoms with Crippen molar-refractivity contribution in [2.75, 3.05) is 32.8 Å². The lowest BCUT2D eigenvalue weighted by molar-refractivity contribution is -0.147. The van der Waals surface area contributed by atoms with Crippen LogP contribution >= 0.6 is 0 Å². The highest BCUT2D eigenvalue weighted by molar-refractivity contribution is 5.78. The number of rotatable bonds is 3. The maximum atomic E-state index is 11.9. The Morgan fingerprint density at radius 2 is 2.05 bits per heavy atom. The van der Waals surface area contributed by atoms with Gasteiger partial charge in [0.1, 0.15) is 6.61 Å². The Morgan fingerprint density at radius 1 is 1.20 bits per heavy atom. The summed E-state index contributed by atoms with van der Waals surface area (Å²) in [6.07, 6.45) is 2.29. The molecule has 0 aliphatic carbocycles. The van der Waals surface area contributed by atoms with Crippen LogP contribution in [-0.4, -0.2) is 54.6 Å². The quantitative estimate of drug-likeness (QED) is 0.837. The van der Waals surface area contributed by atoms with Crippen molar-refractivity contribution in [1.82, 2.24) is 9.80 Å². The van der Waals surface area contributed by atoms with Crippen LogP contribution in [0.25, 0.3) is 0 Å². The highest BCUT2D eigenvalue weighted by Crippen LogP contribution is 2.19. The molecule has 2 saturated heterocycles. The number of hydrogen-bond donors (Lipinski definition) is 0. The zero-order valence-electron chi connectivity index (χ0n) is 11.8. The number of nitrogens with zero attached hydrogens (tertiary/aromatic N) is 2. The van der Waals surface area contributed by atoms with Crippen molar-refractivity contribution in [3.63, 3.8) is 0 Å². The second-order valence-electron chi connectivity index (χ2n) is 5.66. The second-order valence-corrected chi connectivity index (χ2v) is 5.66. The molecule has 0 bridgehead atoms. The van der Waals surface area contributed by atoms with Gasteiger partial charge < -0.3 is 9.64 Å². The third-order valence-corrected chi connectivity index (χ3v) is 4.19. The third-order valence-electron chi connectivity index (χ3n) is 4.19. The van der Waals surface area contributed by atoms with Crippen LogP contribution in [0, 0.1) is 0 Å². The van der Waals surface area contributed by atoms with Gasteiger partial charge in [0, 0.05) is 25.7 Å². The molecule has 2 heterocycles. The van der Waals surface area contributed by atoms with Gasteiger partial charge in [-0.2, -0.15) is 0 Å². The van der Waals surface area contributed by atoms with E-state index < -0.39 is 0 Å². The van der Waals surface area contributed by atoms with Crippen LogP contribution in [0.15, 0.2) is 30.3 Å². The lowest BCUT2D eigenvalue weighted by atomic mass is 10.0. The van der Waals surface area contributed by atoms with Crippen LogP contribution in [0.2, 0.25) is 0 Å². The second kappa shape index (κ2) is 6.37. The number of piperidine rings is 1. The van der Waals surface area contributed by atoms with Crippen LogP contribution in [-0.2, 0) is 16.1 Å². The van der Waals surface area contributed by atoms with Gasteiger partial charge in [0.2, 0.25) is 5.91 Å². The van der Waals surface area contributed by atoms with Crippen LogP contribution < -0.4 is 0 Å².